The Morgan fingerprint density at radius 3 is 2.59 bits per heavy atom. The predicted octanol–water partition coefficient (Wildman–Crippen LogP) is 1.57. The van der Waals surface area contributed by atoms with E-state index in [0.717, 1.165) is 37.6 Å². The molecule has 0 bridgehead atoms. The average Bonchev–Trinajstić information content (AvgIpc) is 3.40. The van der Waals surface area contributed by atoms with Crippen LogP contribution in [0.3, 0.4) is 0 Å². The van der Waals surface area contributed by atoms with Crippen LogP contribution in [0.1, 0.15) is 24.8 Å². The van der Waals surface area contributed by atoms with Crippen LogP contribution in [0, 0.1) is 6.92 Å². The van der Waals surface area contributed by atoms with E-state index in [1.54, 1.807) is 0 Å². The first-order chi connectivity index (χ1) is 13.9. The molecular weight excluding hydrogens is 410 g/mol. The average molecular weight is 436 g/mol. The zero-order chi connectivity index (χ0) is 20.4. The topological polar surface area (TPSA) is 97.2 Å². The lowest BCUT2D eigenvalue weighted by molar-refractivity contribution is -0.119. The number of carbonyl (C=O) groups excluding carboxylic acids is 1. The van der Waals surface area contributed by atoms with E-state index in [9.17, 15) is 13.2 Å². The summed E-state index contributed by atoms with van der Waals surface area (Å²) in [5.74, 6) is 0.962. The van der Waals surface area contributed by atoms with Gasteiger partial charge in [-0.15, -0.1) is 10.2 Å². The van der Waals surface area contributed by atoms with Crippen LogP contribution in [-0.2, 0) is 14.6 Å². The van der Waals surface area contributed by atoms with Crippen molar-refractivity contribution in [1.29, 1.82) is 0 Å². The van der Waals surface area contributed by atoms with Crippen molar-refractivity contribution < 1.29 is 13.2 Å². The number of hydrogen-bond acceptors (Lipinski definition) is 7. The highest BCUT2D eigenvalue weighted by Crippen LogP contribution is 2.28. The van der Waals surface area contributed by atoms with E-state index in [4.69, 9.17) is 0 Å². The molecule has 10 heteroatoms. The third-order valence-electron chi connectivity index (χ3n) is 5.23. The number of sulfone groups is 1. The maximum absolute atomic E-state index is 12.3. The molecule has 0 saturated carbocycles. The number of hydrogen-bond donors (Lipinski definition) is 1. The quantitative estimate of drug-likeness (QED) is 0.688. The number of carbonyl (C=O) groups is 1. The van der Waals surface area contributed by atoms with Crippen LogP contribution in [0.4, 0.5) is 5.95 Å². The van der Waals surface area contributed by atoms with E-state index in [1.165, 1.54) is 17.3 Å². The molecule has 2 saturated heterocycles. The summed E-state index contributed by atoms with van der Waals surface area (Å²) in [6, 6.07) is 7.87. The molecule has 2 aliphatic heterocycles. The molecule has 1 amide bonds. The van der Waals surface area contributed by atoms with Gasteiger partial charge >= 0.3 is 0 Å². The fraction of sp³-hybridized carbons (Fsp3) is 0.526. The smallest absolute Gasteiger partial charge is 0.232 e. The van der Waals surface area contributed by atoms with E-state index in [0.29, 0.717) is 11.6 Å². The van der Waals surface area contributed by atoms with Crippen LogP contribution in [0.25, 0.3) is 5.69 Å². The van der Waals surface area contributed by atoms with E-state index in [2.05, 4.69) is 20.4 Å². The minimum absolute atomic E-state index is 0.0298. The highest BCUT2D eigenvalue weighted by atomic mass is 32.2. The minimum atomic E-state index is -3.01. The molecule has 0 aliphatic carbocycles. The van der Waals surface area contributed by atoms with Crippen LogP contribution in [0.15, 0.2) is 29.4 Å². The molecule has 1 atom stereocenters. The maximum atomic E-state index is 12.3. The first-order valence-corrected chi connectivity index (χ1v) is 12.6. The Bertz CT molecular complexity index is 982. The molecule has 1 aromatic carbocycles. The molecule has 8 nitrogen and oxygen atoms in total. The monoisotopic (exact) mass is 435 g/mol. The van der Waals surface area contributed by atoms with Crippen LogP contribution in [0.2, 0.25) is 0 Å². The van der Waals surface area contributed by atoms with Gasteiger partial charge in [0.2, 0.25) is 11.9 Å². The zero-order valence-electron chi connectivity index (χ0n) is 16.4. The summed E-state index contributed by atoms with van der Waals surface area (Å²) in [4.78, 5) is 14.6. The molecule has 1 N–H and O–H groups in total. The number of nitrogens with zero attached hydrogens (tertiary/aromatic N) is 4. The van der Waals surface area contributed by atoms with E-state index < -0.39 is 9.84 Å². The van der Waals surface area contributed by atoms with Gasteiger partial charge in [-0.1, -0.05) is 29.5 Å². The Labute approximate surface area is 175 Å². The van der Waals surface area contributed by atoms with Crippen molar-refractivity contribution in [2.24, 2.45) is 0 Å². The summed E-state index contributed by atoms with van der Waals surface area (Å²) in [5.41, 5.74) is 2.14. The maximum Gasteiger partial charge on any atom is 0.232 e. The largest absolute Gasteiger partial charge is 0.352 e. The van der Waals surface area contributed by atoms with E-state index in [-0.39, 0.29) is 29.2 Å². The van der Waals surface area contributed by atoms with E-state index >= 15 is 0 Å². The van der Waals surface area contributed by atoms with Gasteiger partial charge in [-0.25, -0.2) is 8.42 Å². The first kappa shape index (κ1) is 20.2. The standard InChI is InChI=1S/C19H25N5O3S2/c1-14-4-6-16(7-5-14)24-18(23-9-2-3-10-23)21-22-19(24)28-12-17(25)20-15-8-11-29(26,27)13-15/h4-7,15H,2-3,8-13H2,1H3,(H,20,25)/t15-/m0/s1. The molecule has 2 fully saturated rings. The fourth-order valence-electron chi connectivity index (χ4n) is 3.71. The molecule has 3 heterocycles. The second-order valence-electron chi connectivity index (χ2n) is 7.60. The zero-order valence-corrected chi connectivity index (χ0v) is 18.0. The Morgan fingerprint density at radius 1 is 1.21 bits per heavy atom. The summed E-state index contributed by atoms with van der Waals surface area (Å²) in [6.45, 7) is 3.94. The molecule has 2 aromatic rings. The van der Waals surface area contributed by atoms with Crippen LogP contribution >= 0.6 is 11.8 Å². The number of anilines is 1. The van der Waals surface area contributed by atoms with Crippen molar-refractivity contribution >= 4 is 33.5 Å². The molecule has 0 spiro atoms. The molecule has 4 rings (SSSR count). The molecule has 29 heavy (non-hydrogen) atoms. The minimum Gasteiger partial charge on any atom is -0.352 e. The summed E-state index contributed by atoms with van der Waals surface area (Å²) in [5, 5.41) is 12.2. The highest BCUT2D eigenvalue weighted by molar-refractivity contribution is 7.99. The van der Waals surface area contributed by atoms with Crippen LogP contribution in [-0.4, -0.2) is 65.5 Å². The predicted molar refractivity (Wildman–Crippen MR) is 113 cm³/mol. The molecule has 0 unspecified atom stereocenters. The van der Waals surface area contributed by atoms with Crippen molar-refractivity contribution in [3.63, 3.8) is 0 Å². The van der Waals surface area contributed by atoms with Gasteiger partial charge in [0.1, 0.15) is 0 Å². The van der Waals surface area contributed by atoms with Gasteiger partial charge in [0.15, 0.2) is 15.0 Å². The Balaban J connectivity index is 1.49. The summed E-state index contributed by atoms with van der Waals surface area (Å²) < 4.78 is 25.1. The second-order valence-corrected chi connectivity index (χ2v) is 10.8. The Morgan fingerprint density at radius 2 is 1.93 bits per heavy atom. The van der Waals surface area contributed by atoms with Crippen LogP contribution in [0.5, 0.6) is 0 Å². The third kappa shape index (κ3) is 4.75. The summed E-state index contributed by atoms with van der Waals surface area (Å²) in [7, 11) is -3.01. The van der Waals surface area contributed by atoms with Gasteiger partial charge in [-0.3, -0.25) is 9.36 Å². The Hall–Kier alpha value is -2.07. The van der Waals surface area contributed by atoms with Crippen LogP contribution < -0.4 is 10.2 Å². The molecule has 156 valence electrons. The van der Waals surface area contributed by atoms with Gasteiger partial charge < -0.3 is 10.2 Å². The highest BCUT2D eigenvalue weighted by Gasteiger charge is 2.29. The number of benzene rings is 1. The van der Waals surface area contributed by atoms with Gasteiger partial charge in [-0.05, 0) is 38.3 Å². The fourth-order valence-corrected chi connectivity index (χ4v) is 6.14. The number of thioether (sulfide) groups is 1. The molecule has 1 aromatic heterocycles. The molecule has 0 radical (unpaired) electrons. The second kappa shape index (κ2) is 8.35. The number of nitrogens with one attached hydrogen (secondary N) is 1. The first-order valence-electron chi connectivity index (χ1n) is 9.81. The van der Waals surface area contributed by atoms with Crippen molar-refractivity contribution in [1.82, 2.24) is 20.1 Å². The van der Waals surface area contributed by atoms with Crippen molar-refractivity contribution in [3.8, 4) is 5.69 Å². The summed E-state index contributed by atoms with van der Waals surface area (Å²) >= 11 is 1.32. The summed E-state index contributed by atoms with van der Waals surface area (Å²) in [6.07, 6.45) is 2.75. The lowest BCUT2D eigenvalue weighted by atomic mass is 10.2. The number of rotatable bonds is 6. The van der Waals surface area contributed by atoms with Crippen molar-refractivity contribution in [2.75, 3.05) is 35.2 Å². The normalized spacial score (nSPS) is 20.9. The third-order valence-corrected chi connectivity index (χ3v) is 7.92. The number of aryl methyl sites for hydroxylation is 1. The van der Waals surface area contributed by atoms with Crippen molar-refractivity contribution in [2.45, 2.75) is 37.4 Å². The lowest BCUT2D eigenvalue weighted by Crippen LogP contribution is -2.36. The molecular formula is C19H25N5O3S2. The van der Waals surface area contributed by atoms with E-state index in [1.807, 2.05) is 35.8 Å². The van der Waals surface area contributed by atoms with Gasteiger partial charge in [-0.2, -0.15) is 0 Å². The van der Waals surface area contributed by atoms with Crippen molar-refractivity contribution in [3.05, 3.63) is 29.8 Å². The SMILES string of the molecule is Cc1ccc(-n2c(SCC(=O)N[C@H]3CCS(=O)(=O)C3)nnc2N2CCCC2)cc1. The van der Waals surface area contributed by atoms with Gasteiger partial charge in [0, 0.05) is 19.1 Å². The number of aromatic nitrogens is 3. The van der Waals surface area contributed by atoms with Gasteiger partial charge in [0.25, 0.3) is 0 Å². The lowest BCUT2D eigenvalue weighted by Gasteiger charge is -2.18. The number of amides is 1. The Kier molecular flexibility index (Phi) is 5.82. The van der Waals surface area contributed by atoms with Gasteiger partial charge in [0.05, 0.1) is 22.9 Å². The molecule has 2 aliphatic rings.